The number of carbonyl (C=O) groups excluding carboxylic acids is 2. The molecular formula is C24H22N2O2S. The minimum Gasteiger partial charge on any atom is -0.326 e. The van der Waals surface area contributed by atoms with Gasteiger partial charge >= 0.3 is 0 Å². The van der Waals surface area contributed by atoms with Crippen molar-refractivity contribution in [2.24, 2.45) is 0 Å². The molecule has 1 saturated heterocycles. The first-order valence-corrected chi connectivity index (χ1v) is 10.6. The van der Waals surface area contributed by atoms with Crippen LogP contribution in [0.25, 0.3) is 0 Å². The number of hydrogen-bond acceptors (Lipinski definition) is 3. The first kappa shape index (κ1) is 19.3. The fraction of sp³-hybridized carbons (Fsp3) is 0.167. The Hall–Kier alpha value is -3.05. The number of carbonyl (C=O) groups is 2. The number of hydrogen-bond donors (Lipinski definition) is 1. The second-order valence-corrected chi connectivity index (χ2v) is 8.17. The minimum atomic E-state index is -0.0571. The van der Waals surface area contributed by atoms with E-state index in [-0.39, 0.29) is 17.2 Å². The zero-order valence-corrected chi connectivity index (χ0v) is 17.0. The molecule has 146 valence electrons. The summed E-state index contributed by atoms with van der Waals surface area (Å²) in [6, 6.07) is 25.5. The zero-order valence-electron chi connectivity index (χ0n) is 16.2. The molecule has 4 rings (SSSR count). The SMILES string of the molecule is Cc1cccc(N2C(=O)CS[C@@H]2c2ccc(NC(=O)Cc3ccccc3)cc2)c1. The van der Waals surface area contributed by atoms with Gasteiger partial charge in [-0.1, -0.05) is 54.6 Å². The summed E-state index contributed by atoms with van der Waals surface area (Å²) in [4.78, 5) is 26.6. The van der Waals surface area contributed by atoms with E-state index in [2.05, 4.69) is 5.32 Å². The summed E-state index contributed by atoms with van der Waals surface area (Å²) in [5, 5.41) is 2.88. The molecule has 1 heterocycles. The van der Waals surface area contributed by atoms with Gasteiger partial charge in [-0.05, 0) is 47.9 Å². The van der Waals surface area contributed by atoms with E-state index in [9.17, 15) is 9.59 Å². The van der Waals surface area contributed by atoms with Gasteiger partial charge in [0.25, 0.3) is 0 Å². The lowest BCUT2D eigenvalue weighted by Gasteiger charge is -2.25. The summed E-state index contributed by atoms with van der Waals surface area (Å²) >= 11 is 1.62. The van der Waals surface area contributed by atoms with Gasteiger partial charge in [0.05, 0.1) is 12.2 Å². The van der Waals surface area contributed by atoms with Crippen molar-refractivity contribution in [2.45, 2.75) is 18.7 Å². The quantitative estimate of drug-likeness (QED) is 0.657. The van der Waals surface area contributed by atoms with Crippen LogP contribution in [0.15, 0.2) is 78.9 Å². The molecule has 0 radical (unpaired) electrons. The molecule has 0 aliphatic carbocycles. The zero-order chi connectivity index (χ0) is 20.2. The van der Waals surface area contributed by atoms with Gasteiger partial charge in [-0.15, -0.1) is 11.8 Å². The Labute approximate surface area is 174 Å². The van der Waals surface area contributed by atoms with Crippen LogP contribution in [0.2, 0.25) is 0 Å². The molecule has 4 nitrogen and oxygen atoms in total. The predicted octanol–water partition coefficient (Wildman–Crippen LogP) is 4.95. The van der Waals surface area contributed by atoms with Crippen molar-refractivity contribution in [2.75, 3.05) is 16.0 Å². The van der Waals surface area contributed by atoms with E-state index in [0.29, 0.717) is 12.2 Å². The van der Waals surface area contributed by atoms with Gasteiger partial charge in [-0.25, -0.2) is 0 Å². The summed E-state index contributed by atoms with van der Waals surface area (Å²) in [6.07, 6.45) is 0.344. The molecule has 2 amide bonds. The van der Waals surface area contributed by atoms with Crippen LogP contribution in [0.3, 0.4) is 0 Å². The summed E-state index contributed by atoms with van der Waals surface area (Å²) in [5.74, 6) is 0.537. The molecule has 1 aliphatic rings. The molecule has 0 saturated carbocycles. The summed E-state index contributed by atoms with van der Waals surface area (Å²) in [5.41, 5.74) is 4.83. The minimum absolute atomic E-state index is 0.0456. The third-order valence-electron chi connectivity index (χ3n) is 4.83. The number of thioether (sulfide) groups is 1. The maximum absolute atomic E-state index is 12.5. The molecule has 5 heteroatoms. The van der Waals surface area contributed by atoms with E-state index < -0.39 is 0 Å². The number of benzene rings is 3. The largest absolute Gasteiger partial charge is 0.326 e. The van der Waals surface area contributed by atoms with Crippen molar-refractivity contribution in [3.05, 3.63) is 95.6 Å². The number of rotatable bonds is 5. The highest BCUT2D eigenvalue weighted by molar-refractivity contribution is 8.00. The van der Waals surface area contributed by atoms with Crippen LogP contribution >= 0.6 is 11.8 Å². The first-order valence-electron chi connectivity index (χ1n) is 9.54. The molecule has 1 aliphatic heterocycles. The van der Waals surface area contributed by atoms with Gasteiger partial charge in [0.2, 0.25) is 11.8 Å². The number of aryl methyl sites for hydroxylation is 1. The standard InChI is InChI=1S/C24H22N2O2S/c1-17-6-5-9-21(14-17)26-23(28)16-29-24(26)19-10-12-20(13-11-19)25-22(27)15-18-7-3-2-4-8-18/h2-14,24H,15-16H2,1H3,(H,25,27)/t24-/m1/s1. The van der Waals surface area contributed by atoms with Gasteiger partial charge in [0, 0.05) is 11.4 Å². The van der Waals surface area contributed by atoms with Gasteiger partial charge < -0.3 is 5.32 Å². The highest BCUT2D eigenvalue weighted by Crippen LogP contribution is 2.42. The van der Waals surface area contributed by atoms with Crippen LogP contribution in [0, 0.1) is 6.92 Å². The van der Waals surface area contributed by atoms with Crippen LogP contribution in [0.5, 0.6) is 0 Å². The van der Waals surface area contributed by atoms with Crippen LogP contribution in [0.1, 0.15) is 22.1 Å². The lowest BCUT2D eigenvalue weighted by atomic mass is 10.1. The third-order valence-corrected chi connectivity index (χ3v) is 6.05. The van der Waals surface area contributed by atoms with Crippen molar-refractivity contribution < 1.29 is 9.59 Å². The Morgan fingerprint density at radius 3 is 2.52 bits per heavy atom. The maximum Gasteiger partial charge on any atom is 0.238 e. The fourth-order valence-electron chi connectivity index (χ4n) is 3.45. The molecule has 1 fully saturated rings. The second-order valence-electron chi connectivity index (χ2n) is 7.10. The van der Waals surface area contributed by atoms with Gasteiger partial charge in [-0.3, -0.25) is 14.5 Å². The van der Waals surface area contributed by atoms with Crippen LogP contribution < -0.4 is 10.2 Å². The van der Waals surface area contributed by atoms with E-state index >= 15 is 0 Å². The van der Waals surface area contributed by atoms with Crippen molar-refractivity contribution >= 4 is 35.0 Å². The fourth-order valence-corrected chi connectivity index (χ4v) is 4.62. The van der Waals surface area contributed by atoms with Crippen molar-refractivity contribution in [3.8, 4) is 0 Å². The molecule has 0 bridgehead atoms. The molecule has 1 N–H and O–H groups in total. The maximum atomic E-state index is 12.5. The Morgan fingerprint density at radius 1 is 1.03 bits per heavy atom. The highest BCUT2D eigenvalue weighted by Gasteiger charge is 2.34. The monoisotopic (exact) mass is 402 g/mol. The number of nitrogens with one attached hydrogen (secondary N) is 1. The molecule has 0 aromatic heterocycles. The molecular weight excluding hydrogens is 380 g/mol. The average molecular weight is 403 g/mol. The number of amides is 2. The van der Waals surface area contributed by atoms with Gasteiger partial charge in [0.1, 0.15) is 5.37 Å². The Balaban J connectivity index is 1.47. The lowest BCUT2D eigenvalue weighted by Crippen LogP contribution is -2.27. The van der Waals surface area contributed by atoms with Gasteiger partial charge in [0.15, 0.2) is 0 Å². The Bertz CT molecular complexity index is 1020. The second kappa shape index (κ2) is 8.53. The molecule has 0 spiro atoms. The normalized spacial score (nSPS) is 16.1. The summed E-state index contributed by atoms with van der Waals surface area (Å²) in [6.45, 7) is 2.03. The summed E-state index contributed by atoms with van der Waals surface area (Å²) in [7, 11) is 0. The molecule has 3 aromatic rings. The van der Waals surface area contributed by atoms with Crippen LogP contribution in [0.4, 0.5) is 11.4 Å². The van der Waals surface area contributed by atoms with Crippen molar-refractivity contribution in [1.29, 1.82) is 0 Å². The first-order chi connectivity index (χ1) is 14.1. The van der Waals surface area contributed by atoms with Gasteiger partial charge in [-0.2, -0.15) is 0 Å². The third kappa shape index (κ3) is 4.51. The molecule has 1 atom stereocenters. The van der Waals surface area contributed by atoms with Crippen molar-refractivity contribution in [3.63, 3.8) is 0 Å². The molecule has 29 heavy (non-hydrogen) atoms. The topological polar surface area (TPSA) is 49.4 Å². The summed E-state index contributed by atoms with van der Waals surface area (Å²) < 4.78 is 0. The number of nitrogens with zero attached hydrogens (tertiary/aromatic N) is 1. The average Bonchev–Trinajstić information content (AvgIpc) is 3.11. The lowest BCUT2D eigenvalue weighted by molar-refractivity contribution is -0.116. The van der Waals surface area contributed by atoms with Crippen LogP contribution in [-0.2, 0) is 16.0 Å². The Morgan fingerprint density at radius 2 is 1.79 bits per heavy atom. The predicted molar refractivity (Wildman–Crippen MR) is 119 cm³/mol. The van der Waals surface area contributed by atoms with Crippen molar-refractivity contribution in [1.82, 2.24) is 0 Å². The smallest absolute Gasteiger partial charge is 0.238 e. The van der Waals surface area contributed by atoms with Crippen LogP contribution in [-0.4, -0.2) is 17.6 Å². The van der Waals surface area contributed by atoms with E-state index in [0.717, 1.165) is 28.1 Å². The highest BCUT2D eigenvalue weighted by atomic mass is 32.2. The van der Waals surface area contributed by atoms with E-state index in [4.69, 9.17) is 0 Å². The Kier molecular flexibility index (Phi) is 5.67. The van der Waals surface area contributed by atoms with E-state index in [1.54, 1.807) is 11.8 Å². The van der Waals surface area contributed by atoms with E-state index in [1.165, 1.54) is 0 Å². The molecule has 3 aromatic carbocycles. The molecule has 0 unspecified atom stereocenters. The van der Waals surface area contributed by atoms with E-state index in [1.807, 2.05) is 90.7 Å². The number of anilines is 2.